The molecule has 2 aromatic carbocycles. The molecule has 0 N–H and O–H groups in total. The van der Waals surface area contributed by atoms with Crippen LogP contribution < -0.4 is 0 Å². The lowest BCUT2D eigenvalue weighted by Gasteiger charge is -2.12. The van der Waals surface area contributed by atoms with E-state index in [1.165, 1.54) is 11.1 Å². The van der Waals surface area contributed by atoms with Gasteiger partial charge < -0.3 is 0 Å². The van der Waals surface area contributed by atoms with E-state index in [9.17, 15) is 4.79 Å². The van der Waals surface area contributed by atoms with Crippen LogP contribution in [0.5, 0.6) is 0 Å². The Morgan fingerprint density at radius 2 is 1.72 bits per heavy atom. The van der Waals surface area contributed by atoms with Crippen LogP contribution in [0.2, 0.25) is 0 Å². The Kier molecular flexibility index (Phi) is 4.06. The zero-order valence-electron chi connectivity index (χ0n) is 10.3. The molecule has 18 heavy (non-hydrogen) atoms. The fraction of sp³-hybridized carbons (Fsp3) is 0.188. The first-order valence-electron chi connectivity index (χ1n) is 5.97. The number of nitrogens with zero attached hydrogens (tertiary/aromatic N) is 1. The summed E-state index contributed by atoms with van der Waals surface area (Å²) in [5, 5.41) is 0. The monoisotopic (exact) mass is 237 g/mol. The van der Waals surface area contributed by atoms with E-state index in [2.05, 4.69) is 24.0 Å². The molecule has 0 amide bonds. The van der Waals surface area contributed by atoms with Crippen LogP contribution in [0.4, 0.5) is 0 Å². The van der Waals surface area contributed by atoms with Gasteiger partial charge in [0, 0.05) is 6.42 Å². The quantitative estimate of drug-likeness (QED) is 0.590. The minimum atomic E-state index is -0.148. The van der Waals surface area contributed by atoms with E-state index in [0.717, 1.165) is 12.0 Å². The second kappa shape index (κ2) is 5.95. The Labute approximate surface area is 107 Å². The molecule has 0 aliphatic rings. The number of rotatable bonds is 4. The molecular formula is C16H15NO. The van der Waals surface area contributed by atoms with Crippen molar-refractivity contribution in [2.24, 2.45) is 4.99 Å². The molecule has 0 bridgehead atoms. The summed E-state index contributed by atoms with van der Waals surface area (Å²) in [5.41, 5.74) is 3.48. The maximum atomic E-state index is 10.6. The number of isocyanates is 1. The first-order chi connectivity index (χ1) is 8.81. The predicted octanol–water partition coefficient (Wildman–Crippen LogP) is 3.61. The van der Waals surface area contributed by atoms with E-state index in [-0.39, 0.29) is 6.04 Å². The van der Waals surface area contributed by atoms with Crippen molar-refractivity contribution < 1.29 is 4.79 Å². The van der Waals surface area contributed by atoms with E-state index in [1.807, 2.05) is 42.5 Å². The van der Waals surface area contributed by atoms with Crippen LogP contribution in [0.25, 0.3) is 0 Å². The first kappa shape index (κ1) is 12.3. The Hall–Kier alpha value is -2.18. The van der Waals surface area contributed by atoms with E-state index in [1.54, 1.807) is 6.08 Å². The summed E-state index contributed by atoms with van der Waals surface area (Å²) >= 11 is 0. The van der Waals surface area contributed by atoms with Crippen molar-refractivity contribution in [3.05, 3.63) is 71.3 Å². The lowest BCUT2D eigenvalue weighted by Crippen LogP contribution is -2.01. The standard InChI is InChI=1S/C16H15NO/c1-13-7-5-6-10-15(13)11-16(17-12-18)14-8-3-2-4-9-14/h2-10,16H,11H2,1H3. The summed E-state index contributed by atoms with van der Waals surface area (Å²) < 4.78 is 0. The smallest absolute Gasteiger partial charge is 0.211 e. The fourth-order valence-corrected chi connectivity index (χ4v) is 2.02. The van der Waals surface area contributed by atoms with Gasteiger partial charge in [-0.05, 0) is 23.6 Å². The number of hydrogen-bond donors (Lipinski definition) is 0. The number of hydrogen-bond acceptors (Lipinski definition) is 2. The van der Waals surface area contributed by atoms with Gasteiger partial charge in [-0.2, -0.15) is 4.99 Å². The van der Waals surface area contributed by atoms with Crippen molar-refractivity contribution in [2.45, 2.75) is 19.4 Å². The Balaban J connectivity index is 2.28. The highest BCUT2D eigenvalue weighted by atomic mass is 16.1. The summed E-state index contributed by atoms with van der Waals surface area (Å²) in [6.07, 6.45) is 2.41. The zero-order chi connectivity index (χ0) is 12.8. The van der Waals surface area contributed by atoms with Gasteiger partial charge in [-0.25, -0.2) is 4.79 Å². The third-order valence-electron chi connectivity index (χ3n) is 3.07. The lowest BCUT2D eigenvalue weighted by atomic mass is 9.97. The molecule has 90 valence electrons. The van der Waals surface area contributed by atoms with E-state index in [4.69, 9.17) is 0 Å². The molecule has 2 rings (SSSR count). The molecule has 0 aromatic heterocycles. The van der Waals surface area contributed by atoms with Crippen molar-refractivity contribution in [3.8, 4) is 0 Å². The topological polar surface area (TPSA) is 29.4 Å². The average Bonchev–Trinajstić information content (AvgIpc) is 2.42. The van der Waals surface area contributed by atoms with Crippen LogP contribution >= 0.6 is 0 Å². The summed E-state index contributed by atoms with van der Waals surface area (Å²) in [6.45, 7) is 2.07. The van der Waals surface area contributed by atoms with Crippen LogP contribution in [0.3, 0.4) is 0 Å². The summed E-state index contributed by atoms with van der Waals surface area (Å²) in [6, 6.07) is 17.9. The Bertz CT molecular complexity index is 556. The van der Waals surface area contributed by atoms with Crippen molar-refractivity contribution in [1.29, 1.82) is 0 Å². The van der Waals surface area contributed by atoms with Crippen molar-refractivity contribution in [2.75, 3.05) is 0 Å². The number of aliphatic imine (C=N–C) groups is 1. The molecule has 0 fully saturated rings. The highest BCUT2D eigenvalue weighted by Gasteiger charge is 2.11. The van der Waals surface area contributed by atoms with Crippen LogP contribution in [-0.4, -0.2) is 6.08 Å². The molecular weight excluding hydrogens is 222 g/mol. The van der Waals surface area contributed by atoms with E-state index in [0.29, 0.717) is 0 Å². The van der Waals surface area contributed by atoms with Crippen LogP contribution in [-0.2, 0) is 11.2 Å². The van der Waals surface area contributed by atoms with Crippen LogP contribution in [0.1, 0.15) is 22.7 Å². The SMILES string of the molecule is Cc1ccccc1CC(N=C=O)c1ccccc1. The molecule has 0 saturated heterocycles. The minimum Gasteiger partial charge on any atom is -0.211 e. The fourth-order valence-electron chi connectivity index (χ4n) is 2.02. The summed E-state index contributed by atoms with van der Waals surface area (Å²) in [4.78, 5) is 14.5. The number of aryl methyl sites for hydroxylation is 1. The molecule has 2 aromatic rings. The van der Waals surface area contributed by atoms with Gasteiger partial charge >= 0.3 is 0 Å². The van der Waals surface area contributed by atoms with Crippen molar-refractivity contribution in [3.63, 3.8) is 0 Å². The minimum absolute atomic E-state index is 0.148. The molecule has 0 aliphatic carbocycles. The second-order valence-corrected chi connectivity index (χ2v) is 4.28. The highest BCUT2D eigenvalue weighted by Crippen LogP contribution is 2.23. The lowest BCUT2D eigenvalue weighted by molar-refractivity contribution is 0.557. The second-order valence-electron chi connectivity index (χ2n) is 4.28. The molecule has 1 atom stereocenters. The van der Waals surface area contributed by atoms with Gasteiger partial charge in [0.25, 0.3) is 0 Å². The highest BCUT2D eigenvalue weighted by molar-refractivity contribution is 5.37. The molecule has 0 spiro atoms. The van der Waals surface area contributed by atoms with Crippen molar-refractivity contribution >= 4 is 6.08 Å². The van der Waals surface area contributed by atoms with Gasteiger partial charge in [0.05, 0.1) is 6.04 Å². The van der Waals surface area contributed by atoms with Gasteiger partial charge in [0.15, 0.2) is 0 Å². The largest absolute Gasteiger partial charge is 0.235 e. The third kappa shape index (κ3) is 2.93. The van der Waals surface area contributed by atoms with Gasteiger partial charge in [-0.3, -0.25) is 0 Å². The average molecular weight is 237 g/mol. The van der Waals surface area contributed by atoms with E-state index >= 15 is 0 Å². The predicted molar refractivity (Wildman–Crippen MR) is 72.2 cm³/mol. The maximum Gasteiger partial charge on any atom is 0.235 e. The molecule has 0 saturated carbocycles. The molecule has 0 radical (unpaired) electrons. The van der Waals surface area contributed by atoms with Crippen LogP contribution in [0.15, 0.2) is 59.6 Å². The third-order valence-corrected chi connectivity index (χ3v) is 3.07. The van der Waals surface area contributed by atoms with Gasteiger partial charge in [-0.15, -0.1) is 0 Å². The molecule has 0 heterocycles. The van der Waals surface area contributed by atoms with Crippen molar-refractivity contribution in [1.82, 2.24) is 0 Å². The number of carbonyl (C=O) groups excluding carboxylic acids is 1. The zero-order valence-corrected chi connectivity index (χ0v) is 10.3. The molecule has 1 unspecified atom stereocenters. The molecule has 2 heteroatoms. The maximum absolute atomic E-state index is 10.6. The normalized spacial score (nSPS) is 11.6. The van der Waals surface area contributed by atoms with Gasteiger partial charge in [0.2, 0.25) is 6.08 Å². The summed E-state index contributed by atoms with van der Waals surface area (Å²) in [5.74, 6) is 0. The van der Waals surface area contributed by atoms with Crippen LogP contribution in [0, 0.1) is 6.92 Å². The molecule has 0 aliphatic heterocycles. The van der Waals surface area contributed by atoms with Gasteiger partial charge in [0.1, 0.15) is 0 Å². The number of benzene rings is 2. The molecule has 2 nitrogen and oxygen atoms in total. The van der Waals surface area contributed by atoms with Gasteiger partial charge in [-0.1, -0.05) is 54.6 Å². The first-order valence-corrected chi connectivity index (χ1v) is 5.97. The Morgan fingerprint density at radius 3 is 2.39 bits per heavy atom. The Morgan fingerprint density at radius 1 is 1.06 bits per heavy atom. The van der Waals surface area contributed by atoms with E-state index < -0.39 is 0 Å². The summed E-state index contributed by atoms with van der Waals surface area (Å²) in [7, 11) is 0.